The monoisotopic (exact) mass is 281 g/mol. The highest BCUT2D eigenvalue weighted by Gasteiger charge is 2.29. The molecule has 3 rings (SSSR count). The largest absolute Gasteiger partial charge is 0.363 e. The third-order valence-corrected chi connectivity index (χ3v) is 3.96. The molecule has 1 aliphatic rings. The van der Waals surface area contributed by atoms with Crippen LogP contribution < -0.4 is 5.32 Å². The van der Waals surface area contributed by atoms with E-state index in [1.165, 1.54) is 5.56 Å². The van der Waals surface area contributed by atoms with Gasteiger partial charge in [0.25, 0.3) is 5.91 Å². The Balaban J connectivity index is 1.87. The molecule has 1 aromatic carbocycles. The highest BCUT2D eigenvalue weighted by Crippen LogP contribution is 2.29. The van der Waals surface area contributed by atoms with Gasteiger partial charge in [0, 0.05) is 29.9 Å². The predicted molar refractivity (Wildman–Crippen MR) is 83.1 cm³/mol. The first kappa shape index (κ1) is 13.6. The second kappa shape index (κ2) is 5.56. The van der Waals surface area contributed by atoms with Crippen LogP contribution in [0.2, 0.25) is 0 Å². The summed E-state index contributed by atoms with van der Waals surface area (Å²) >= 11 is 0. The number of aromatic nitrogens is 1. The van der Waals surface area contributed by atoms with Crippen molar-refractivity contribution in [2.75, 3.05) is 11.9 Å². The van der Waals surface area contributed by atoms with Gasteiger partial charge in [-0.25, -0.2) is 4.98 Å². The lowest BCUT2D eigenvalue weighted by atomic mass is 10.1. The van der Waals surface area contributed by atoms with Crippen molar-refractivity contribution in [3.63, 3.8) is 0 Å². The maximum atomic E-state index is 12.2. The highest BCUT2D eigenvalue weighted by molar-refractivity contribution is 5.99. The number of nitrogens with one attached hydrogen (secondary N) is 1. The van der Waals surface area contributed by atoms with Crippen molar-refractivity contribution in [1.29, 1.82) is 0 Å². The maximum Gasteiger partial charge on any atom is 0.254 e. The molecule has 108 valence electrons. The molecule has 0 fully saturated rings. The average Bonchev–Trinajstić information content (AvgIpc) is 2.86. The topological polar surface area (TPSA) is 45.2 Å². The van der Waals surface area contributed by atoms with Crippen molar-refractivity contribution in [1.82, 2.24) is 9.88 Å². The molecule has 0 bridgehead atoms. The number of carbonyl (C=O) groups excluding carboxylic acids is 1. The van der Waals surface area contributed by atoms with Gasteiger partial charge in [0.05, 0.1) is 6.54 Å². The molecule has 1 N–H and O–H groups in total. The zero-order chi connectivity index (χ0) is 14.8. The van der Waals surface area contributed by atoms with Gasteiger partial charge in [-0.05, 0) is 25.5 Å². The van der Waals surface area contributed by atoms with Crippen LogP contribution in [0, 0.1) is 0 Å². The number of benzene rings is 1. The van der Waals surface area contributed by atoms with E-state index in [0.29, 0.717) is 6.54 Å². The van der Waals surface area contributed by atoms with Crippen LogP contribution in [-0.2, 0) is 6.54 Å². The van der Waals surface area contributed by atoms with Crippen LogP contribution in [0.5, 0.6) is 0 Å². The molecule has 1 aliphatic heterocycles. The minimum absolute atomic E-state index is 0.102. The SMILES string of the molecule is CCN1Cc2c(ccnc2NC(C)c2ccccc2)C1=O. The Morgan fingerprint density at radius 2 is 2.05 bits per heavy atom. The van der Waals surface area contributed by atoms with Crippen LogP contribution in [0.1, 0.15) is 41.4 Å². The normalized spacial score (nSPS) is 15.0. The van der Waals surface area contributed by atoms with Gasteiger partial charge < -0.3 is 10.2 Å². The number of nitrogens with zero attached hydrogens (tertiary/aromatic N) is 2. The summed E-state index contributed by atoms with van der Waals surface area (Å²) in [4.78, 5) is 18.5. The molecule has 4 heteroatoms. The minimum atomic E-state index is 0.102. The number of hydrogen-bond donors (Lipinski definition) is 1. The van der Waals surface area contributed by atoms with E-state index in [2.05, 4.69) is 29.4 Å². The van der Waals surface area contributed by atoms with Gasteiger partial charge in [-0.2, -0.15) is 0 Å². The third kappa shape index (κ3) is 2.49. The summed E-state index contributed by atoms with van der Waals surface area (Å²) in [5.74, 6) is 0.915. The van der Waals surface area contributed by atoms with Crippen LogP contribution >= 0.6 is 0 Å². The summed E-state index contributed by atoms with van der Waals surface area (Å²) in [6.45, 7) is 5.46. The highest BCUT2D eigenvalue weighted by atomic mass is 16.2. The minimum Gasteiger partial charge on any atom is -0.363 e. The average molecular weight is 281 g/mol. The van der Waals surface area contributed by atoms with Crippen molar-refractivity contribution >= 4 is 11.7 Å². The number of carbonyl (C=O) groups is 1. The van der Waals surface area contributed by atoms with E-state index >= 15 is 0 Å². The van der Waals surface area contributed by atoms with Crippen LogP contribution in [0.15, 0.2) is 42.6 Å². The van der Waals surface area contributed by atoms with Gasteiger partial charge in [-0.3, -0.25) is 4.79 Å². The van der Waals surface area contributed by atoms with Crippen molar-refractivity contribution < 1.29 is 4.79 Å². The van der Waals surface area contributed by atoms with Gasteiger partial charge in [0.2, 0.25) is 0 Å². The molecule has 21 heavy (non-hydrogen) atoms. The lowest BCUT2D eigenvalue weighted by Crippen LogP contribution is -2.22. The second-order valence-corrected chi connectivity index (χ2v) is 5.28. The number of hydrogen-bond acceptors (Lipinski definition) is 3. The molecule has 0 saturated carbocycles. The van der Waals surface area contributed by atoms with E-state index in [4.69, 9.17) is 0 Å². The van der Waals surface area contributed by atoms with Gasteiger partial charge in [-0.1, -0.05) is 30.3 Å². The zero-order valence-corrected chi connectivity index (χ0v) is 12.3. The molecule has 0 aliphatic carbocycles. The third-order valence-electron chi connectivity index (χ3n) is 3.96. The van der Waals surface area contributed by atoms with E-state index in [0.717, 1.165) is 23.5 Å². The fourth-order valence-electron chi connectivity index (χ4n) is 2.70. The lowest BCUT2D eigenvalue weighted by molar-refractivity contribution is 0.0787. The van der Waals surface area contributed by atoms with Crippen molar-refractivity contribution in [2.45, 2.75) is 26.4 Å². The standard InChI is InChI=1S/C17H19N3O/c1-3-20-11-15-14(17(20)21)9-10-18-16(15)19-12(2)13-7-5-4-6-8-13/h4-10,12H,3,11H2,1-2H3,(H,18,19). The van der Waals surface area contributed by atoms with Crippen LogP contribution in [-0.4, -0.2) is 22.3 Å². The van der Waals surface area contributed by atoms with Crippen molar-refractivity contribution in [3.05, 3.63) is 59.3 Å². The lowest BCUT2D eigenvalue weighted by Gasteiger charge is -2.17. The number of rotatable bonds is 4. The van der Waals surface area contributed by atoms with E-state index in [1.54, 1.807) is 6.20 Å². The van der Waals surface area contributed by atoms with E-state index in [-0.39, 0.29) is 11.9 Å². The van der Waals surface area contributed by atoms with E-state index in [1.807, 2.05) is 36.1 Å². The quantitative estimate of drug-likeness (QED) is 0.935. The van der Waals surface area contributed by atoms with Gasteiger partial charge >= 0.3 is 0 Å². The van der Waals surface area contributed by atoms with Gasteiger partial charge in [0.1, 0.15) is 5.82 Å². The molecule has 4 nitrogen and oxygen atoms in total. The summed E-state index contributed by atoms with van der Waals surface area (Å²) in [7, 11) is 0. The van der Waals surface area contributed by atoms with Crippen molar-refractivity contribution in [2.24, 2.45) is 0 Å². The second-order valence-electron chi connectivity index (χ2n) is 5.28. The molecule has 2 aromatic rings. The van der Waals surface area contributed by atoms with Gasteiger partial charge in [-0.15, -0.1) is 0 Å². The number of fused-ring (bicyclic) bond motifs is 1. The first-order chi connectivity index (χ1) is 10.2. The van der Waals surface area contributed by atoms with E-state index < -0.39 is 0 Å². The zero-order valence-electron chi connectivity index (χ0n) is 12.3. The van der Waals surface area contributed by atoms with Gasteiger partial charge in [0.15, 0.2) is 0 Å². The number of pyridine rings is 1. The molecule has 1 unspecified atom stereocenters. The fourth-order valence-corrected chi connectivity index (χ4v) is 2.70. The Kier molecular flexibility index (Phi) is 3.60. The summed E-state index contributed by atoms with van der Waals surface area (Å²) in [5, 5.41) is 3.43. The number of anilines is 1. The first-order valence-electron chi connectivity index (χ1n) is 7.29. The molecule has 0 radical (unpaired) electrons. The maximum absolute atomic E-state index is 12.2. The van der Waals surface area contributed by atoms with Crippen LogP contribution in [0.4, 0.5) is 5.82 Å². The van der Waals surface area contributed by atoms with Crippen LogP contribution in [0.25, 0.3) is 0 Å². The molecule has 0 spiro atoms. The van der Waals surface area contributed by atoms with E-state index in [9.17, 15) is 4.79 Å². The fraction of sp³-hybridized carbons (Fsp3) is 0.294. The Morgan fingerprint density at radius 1 is 1.29 bits per heavy atom. The molecule has 0 saturated heterocycles. The Labute approximate surface area is 124 Å². The summed E-state index contributed by atoms with van der Waals surface area (Å²) in [6, 6.07) is 12.2. The Bertz CT molecular complexity index is 654. The Hall–Kier alpha value is -2.36. The predicted octanol–water partition coefficient (Wildman–Crippen LogP) is 3.23. The summed E-state index contributed by atoms with van der Waals surface area (Å²) in [6.07, 6.45) is 1.70. The smallest absolute Gasteiger partial charge is 0.254 e. The summed E-state index contributed by atoms with van der Waals surface area (Å²) in [5.41, 5.74) is 2.98. The molecule has 1 amide bonds. The number of amides is 1. The molecular formula is C17H19N3O. The Morgan fingerprint density at radius 3 is 2.76 bits per heavy atom. The summed E-state index contributed by atoms with van der Waals surface area (Å²) < 4.78 is 0. The molecule has 2 heterocycles. The molecular weight excluding hydrogens is 262 g/mol. The molecule has 1 aromatic heterocycles. The van der Waals surface area contributed by atoms with Crippen molar-refractivity contribution in [3.8, 4) is 0 Å². The molecule has 1 atom stereocenters. The van der Waals surface area contributed by atoms with Crippen LogP contribution in [0.3, 0.4) is 0 Å². The first-order valence-corrected chi connectivity index (χ1v) is 7.29.